The Morgan fingerprint density at radius 1 is 1.40 bits per heavy atom. The van der Waals surface area contributed by atoms with Gasteiger partial charge in [0, 0.05) is 5.41 Å². The smallest absolute Gasteiger partial charge is 0.322 e. The minimum Gasteiger partial charge on any atom is -0.406 e. The summed E-state index contributed by atoms with van der Waals surface area (Å²) in [5, 5.41) is 14.1. The van der Waals surface area contributed by atoms with E-state index in [2.05, 4.69) is 27.8 Å². The minimum atomic E-state index is -0.236. The van der Waals surface area contributed by atoms with Gasteiger partial charge in [0.05, 0.1) is 6.04 Å². The molecule has 110 valence electrons. The molecule has 0 radical (unpaired) electrons. The number of hydrogen-bond acceptors (Lipinski definition) is 5. The van der Waals surface area contributed by atoms with Gasteiger partial charge >= 0.3 is 6.01 Å². The summed E-state index contributed by atoms with van der Waals surface area (Å²) >= 11 is 0. The molecule has 0 bridgehead atoms. The summed E-state index contributed by atoms with van der Waals surface area (Å²) in [4.78, 5) is 12.4. The zero-order valence-electron chi connectivity index (χ0n) is 11.9. The summed E-state index contributed by atoms with van der Waals surface area (Å²) in [6, 6.07) is 0.373. The van der Waals surface area contributed by atoms with Crippen LogP contribution in [0.3, 0.4) is 0 Å². The van der Waals surface area contributed by atoms with Gasteiger partial charge in [-0.25, -0.2) is 0 Å². The van der Waals surface area contributed by atoms with Gasteiger partial charge in [0.1, 0.15) is 0 Å². The summed E-state index contributed by atoms with van der Waals surface area (Å²) in [6.07, 6.45) is 7.16. The van der Waals surface area contributed by atoms with Crippen molar-refractivity contribution in [3.63, 3.8) is 0 Å². The average molecular weight is 278 g/mol. The largest absolute Gasteiger partial charge is 0.406 e. The van der Waals surface area contributed by atoms with E-state index >= 15 is 0 Å². The number of rotatable bonds is 4. The Balaban J connectivity index is 1.66. The summed E-state index contributed by atoms with van der Waals surface area (Å²) in [5.41, 5.74) is -0.236. The number of nitrogens with one attached hydrogen (secondary N) is 2. The van der Waals surface area contributed by atoms with Crippen molar-refractivity contribution in [2.24, 2.45) is 5.41 Å². The first-order valence-corrected chi connectivity index (χ1v) is 7.62. The molecule has 6 nitrogen and oxygen atoms in total. The monoisotopic (exact) mass is 278 g/mol. The van der Waals surface area contributed by atoms with E-state index in [1.54, 1.807) is 0 Å². The number of carbonyl (C=O) groups is 1. The molecule has 1 saturated heterocycles. The molecule has 2 heterocycles. The van der Waals surface area contributed by atoms with E-state index < -0.39 is 0 Å². The van der Waals surface area contributed by atoms with Crippen molar-refractivity contribution in [3.05, 3.63) is 5.89 Å². The Bertz CT molecular complexity index is 473. The fourth-order valence-corrected chi connectivity index (χ4v) is 3.34. The van der Waals surface area contributed by atoms with E-state index in [0.29, 0.717) is 5.89 Å². The van der Waals surface area contributed by atoms with E-state index in [0.717, 1.165) is 51.5 Å². The van der Waals surface area contributed by atoms with Crippen LogP contribution in [0, 0.1) is 5.41 Å². The first-order chi connectivity index (χ1) is 9.73. The highest BCUT2D eigenvalue weighted by Crippen LogP contribution is 2.41. The SMILES string of the molecule is CCC1(C(=O)Nc2nnc(C3CCCN3)o2)CCCC1. The zero-order valence-corrected chi connectivity index (χ0v) is 11.9. The number of anilines is 1. The van der Waals surface area contributed by atoms with Crippen LogP contribution in [0.5, 0.6) is 0 Å². The number of amides is 1. The molecule has 2 fully saturated rings. The summed E-state index contributed by atoms with van der Waals surface area (Å²) in [6.45, 7) is 3.06. The predicted octanol–water partition coefficient (Wildman–Crippen LogP) is 2.40. The second-order valence-electron chi connectivity index (χ2n) is 5.89. The molecule has 6 heteroatoms. The summed E-state index contributed by atoms with van der Waals surface area (Å²) in [5.74, 6) is 0.613. The van der Waals surface area contributed by atoms with Crippen molar-refractivity contribution in [3.8, 4) is 0 Å². The maximum absolute atomic E-state index is 12.4. The molecule has 0 spiro atoms. The molecule has 1 amide bonds. The van der Waals surface area contributed by atoms with Crippen LogP contribution in [-0.4, -0.2) is 22.6 Å². The van der Waals surface area contributed by atoms with Crippen molar-refractivity contribution >= 4 is 11.9 Å². The molecule has 1 aliphatic heterocycles. The molecule has 1 unspecified atom stereocenters. The van der Waals surface area contributed by atoms with Crippen LogP contribution in [0.25, 0.3) is 0 Å². The van der Waals surface area contributed by atoms with Crippen molar-refractivity contribution < 1.29 is 9.21 Å². The van der Waals surface area contributed by atoms with Gasteiger partial charge in [-0.05, 0) is 38.6 Å². The lowest BCUT2D eigenvalue weighted by Crippen LogP contribution is -2.33. The molecule has 0 aromatic carbocycles. The van der Waals surface area contributed by atoms with Gasteiger partial charge in [-0.2, -0.15) is 0 Å². The highest BCUT2D eigenvalue weighted by atomic mass is 16.4. The normalized spacial score (nSPS) is 24.9. The highest BCUT2D eigenvalue weighted by molar-refractivity contribution is 5.93. The third-order valence-corrected chi connectivity index (χ3v) is 4.74. The first-order valence-electron chi connectivity index (χ1n) is 7.62. The Morgan fingerprint density at radius 2 is 2.20 bits per heavy atom. The highest BCUT2D eigenvalue weighted by Gasteiger charge is 2.40. The van der Waals surface area contributed by atoms with Crippen LogP contribution in [-0.2, 0) is 4.79 Å². The fourth-order valence-electron chi connectivity index (χ4n) is 3.34. The second-order valence-corrected chi connectivity index (χ2v) is 5.89. The summed E-state index contributed by atoms with van der Waals surface area (Å²) < 4.78 is 5.57. The van der Waals surface area contributed by atoms with Crippen LogP contribution < -0.4 is 10.6 Å². The molecule has 2 N–H and O–H groups in total. The fraction of sp³-hybridized carbons (Fsp3) is 0.786. The second kappa shape index (κ2) is 5.52. The topological polar surface area (TPSA) is 80.0 Å². The third-order valence-electron chi connectivity index (χ3n) is 4.74. The van der Waals surface area contributed by atoms with Crippen LogP contribution in [0.4, 0.5) is 6.01 Å². The maximum Gasteiger partial charge on any atom is 0.322 e. The van der Waals surface area contributed by atoms with Gasteiger partial charge in [-0.15, -0.1) is 5.10 Å². The van der Waals surface area contributed by atoms with E-state index in [9.17, 15) is 4.79 Å². The van der Waals surface area contributed by atoms with Gasteiger partial charge < -0.3 is 9.73 Å². The van der Waals surface area contributed by atoms with Crippen LogP contribution in [0.2, 0.25) is 0 Å². The molecule has 2 aliphatic rings. The zero-order chi connectivity index (χ0) is 14.0. The van der Waals surface area contributed by atoms with Gasteiger partial charge in [-0.3, -0.25) is 10.1 Å². The average Bonchev–Trinajstić information content (AvgIpc) is 3.20. The van der Waals surface area contributed by atoms with E-state index in [4.69, 9.17) is 4.42 Å². The molecule has 20 heavy (non-hydrogen) atoms. The molecule has 1 aliphatic carbocycles. The Kier molecular flexibility index (Phi) is 3.74. The quantitative estimate of drug-likeness (QED) is 0.884. The molecule has 1 atom stereocenters. The van der Waals surface area contributed by atoms with Crippen molar-refractivity contribution in [1.82, 2.24) is 15.5 Å². The molecular formula is C14H22N4O2. The lowest BCUT2D eigenvalue weighted by Gasteiger charge is -2.24. The Morgan fingerprint density at radius 3 is 2.85 bits per heavy atom. The molecule has 1 saturated carbocycles. The number of hydrogen-bond donors (Lipinski definition) is 2. The molecule has 1 aromatic heterocycles. The third kappa shape index (κ3) is 2.44. The Hall–Kier alpha value is -1.43. The standard InChI is InChI=1S/C14H22N4O2/c1-2-14(7-3-4-8-14)12(19)16-13-18-17-11(20-13)10-6-5-9-15-10/h10,15H,2-9H2,1H3,(H,16,18,19). The van der Waals surface area contributed by atoms with Crippen LogP contribution >= 0.6 is 0 Å². The van der Waals surface area contributed by atoms with Crippen molar-refractivity contribution in [2.75, 3.05) is 11.9 Å². The van der Waals surface area contributed by atoms with Crippen LogP contribution in [0.15, 0.2) is 4.42 Å². The number of nitrogens with zero attached hydrogens (tertiary/aromatic N) is 2. The summed E-state index contributed by atoms with van der Waals surface area (Å²) in [7, 11) is 0. The molecular weight excluding hydrogens is 256 g/mol. The van der Waals surface area contributed by atoms with Gasteiger partial charge in [0.2, 0.25) is 11.8 Å². The number of carbonyl (C=O) groups excluding carboxylic acids is 1. The Labute approximate surface area is 118 Å². The lowest BCUT2D eigenvalue weighted by molar-refractivity contribution is -0.125. The van der Waals surface area contributed by atoms with Crippen LogP contribution in [0.1, 0.15) is 63.8 Å². The number of aromatic nitrogens is 2. The van der Waals surface area contributed by atoms with Gasteiger partial charge in [0.25, 0.3) is 0 Å². The first kappa shape index (κ1) is 13.5. The van der Waals surface area contributed by atoms with Gasteiger partial charge in [0.15, 0.2) is 0 Å². The van der Waals surface area contributed by atoms with E-state index in [1.165, 1.54) is 0 Å². The predicted molar refractivity (Wildman–Crippen MR) is 74.1 cm³/mol. The molecule has 3 rings (SSSR count). The maximum atomic E-state index is 12.4. The van der Waals surface area contributed by atoms with E-state index in [-0.39, 0.29) is 23.4 Å². The lowest BCUT2D eigenvalue weighted by atomic mass is 9.82. The van der Waals surface area contributed by atoms with Gasteiger partial charge in [-0.1, -0.05) is 24.9 Å². The minimum absolute atomic E-state index is 0.0343. The molecule has 1 aromatic rings. The van der Waals surface area contributed by atoms with Crippen molar-refractivity contribution in [1.29, 1.82) is 0 Å². The van der Waals surface area contributed by atoms with Crippen molar-refractivity contribution in [2.45, 2.75) is 57.9 Å². The van der Waals surface area contributed by atoms with E-state index in [1.807, 2.05) is 0 Å².